The monoisotopic (exact) mass is 400 g/mol. The first-order valence-corrected chi connectivity index (χ1v) is 11.1. The molecule has 0 aliphatic heterocycles. The third-order valence-electron chi connectivity index (χ3n) is 4.20. The first-order valence-electron chi connectivity index (χ1n) is 8.11. The molecule has 4 nitrogen and oxygen atoms in total. The maximum absolute atomic E-state index is 13.6. The Morgan fingerprint density at radius 2 is 1.04 bits per heavy atom. The number of hydrogen-bond acceptors (Lipinski definition) is 4. The highest BCUT2D eigenvalue weighted by Crippen LogP contribution is 2.41. The van der Waals surface area contributed by atoms with E-state index in [2.05, 4.69) is 24.6 Å². The summed E-state index contributed by atoms with van der Waals surface area (Å²) >= 11 is 0. The largest absolute Gasteiger partial charge is 0.222 e. The van der Waals surface area contributed by atoms with Gasteiger partial charge >= 0.3 is 0 Å². The van der Waals surface area contributed by atoms with E-state index in [1.165, 1.54) is 36.4 Å². The van der Waals surface area contributed by atoms with Crippen LogP contribution in [0, 0.1) is 0 Å². The van der Waals surface area contributed by atoms with Crippen molar-refractivity contribution in [3.8, 4) is 0 Å². The standard InChI is InChI=1S/C21H20O4S2/c1-3-5-17-21(18-6-4-2,26(22,23)19-13-9-7-10-14-19)27(24,25)20-15-11-8-12-16-20/h5-16H,1-2,17-18H2. The molecule has 0 atom stereocenters. The molecular weight excluding hydrogens is 380 g/mol. The average molecular weight is 401 g/mol. The maximum atomic E-state index is 13.6. The summed E-state index contributed by atoms with van der Waals surface area (Å²) in [6.07, 6.45) is 2.06. The van der Waals surface area contributed by atoms with E-state index in [9.17, 15) is 16.8 Å². The Morgan fingerprint density at radius 3 is 1.33 bits per heavy atom. The molecule has 0 spiro atoms. The van der Waals surface area contributed by atoms with Gasteiger partial charge in [0.05, 0.1) is 9.79 Å². The molecule has 0 aliphatic carbocycles. The van der Waals surface area contributed by atoms with Crippen LogP contribution in [0.1, 0.15) is 12.8 Å². The van der Waals surface area contributed by atoms with Crippen LogP contribution in [0.15, 0.2) is 107 Å². The van der Waals surface area contributed by atoms with Crippen LogP contribution >= 0.6 is 0 Å². The van der Waals surface area contributed by atoms with Gasteiger partial charge in [0, 0.05) is 12.8 Å². The van der Waals surface area contributed by atoms with Crippen molar-refractivity contribution in [3.63, 3.8) is 0 Å². The van der Waals surface area contributed by atoms with E-state index in [1.54, 1.807) is 36.4 Å². The van der Waals surface area contributed by atoms with Gasteiger partial charge in [0.2, 0.25) is 0 Å². The molecule has 0 radical (unpaired) electrons. The lowest BCUT2D eigenvalue weighted by molar-refractivity contribution is 0.537. The Hall–Kier alpha value is -2.62. The van der Waals surface area contributed by atoms with Crippen molar-refractivity contribution in [3.05, 3.63) is 97.4 Å². The van der Waals surface area contributed by atoms with Crippen molar-refractivity contribution in [2.75, 3.05) is 0 Å². The van der Waals surface area contributed by atoms with Gasteiger partial charge in [-0.05, 0) is 36.4 Å². The highest BCUT2D eigenvalue weighted by molar-refractivity contribution is 8.10. The van der Waals surface area contributed by atoms with Crippen LogP contribution in [0.25, 0.3) is 0 Å². The van der Waals surface area contributed by atoms with Gasteiger partial charge in [-0.1, -0.05) is 49.6 Å². The van der Waals surface area contributed by atoms with E-state index in [1.807, 2.05) is 0 Å². The minimum absolute atomic E-state index is 0.0700. The van der Waals surface area contributed by atoms with E-state index in [-0.39, 0.29) is 22.6 Å². The molecular formula is C21H20O4S2. The van der Waals surface area contributed by atoms with Gasteiger partial charge in [0.25, 0.3) is 0 Å². The van der Waals surface area contributed by atoms with E-state index in [4.69, 9.17) is 0 Å². The second-order valence-corrected chi connectivity index (χ2v) is 10.5. The zero-order chi connectivity index (χ0) is 20.0. The lowest BCUT2D eigenvalue weighted by Gasteiger charge is -2.31. The minimum Gasteiger partial charge on any atom is -0.222 e. The lowest BCUT2D eigenvalue weighted by Crippen LogP contribution is -2.45. The van der Waals surface area contributed by atoms with E-state index >= 15 is 0 Å². The number of rotatable bonds is 8. The second kappa shape index (κ2) is 8.38. The molecule has 0 aromatic heterocycles. The van der Waals surface area contributed by atoms with Crippen molar-refractivity contribution < 1.29 is 16.8 Å². The minimum atomic E-state index is -4.30. The molecule has 0 bridgehead atoms. The van der Waals surface area contributed by atoms with E-state index < -0.39 is 23.8 Å². The molecule has 6 heteroatoms. The third kappa shape index (κ3) is 3.75. The van der Waals surface area contributed by atoms with Crippen LogP contribution in [0.2, 0.25) is 0 Å². The zero-order valence-electron chi connectivity index (χ0n) is 14.7. The summed E-state index contributed by atoms with van der Waals surface area (Å²) in [5.74, 6) is 0. The van der Waals surface area contributed by atoms with Crippen LogP contribution in [0.4, 0.5) is 0 Å². The van der Waals surface area contributed by atoms with E-state index in [0.29, 0.717) is 0 Å². The predicted octanol–water partition coefficient (Wildman–Crippen LogP) is 4.09. The average Bonchev–Trinajstić information content (AvgIpc) is 2.69. The molecule has 0 fully saturated rings. The SMILES string of the molecule is C=C=CCC(CC=C=C)(S(=O)(=O)c1ccccc1)S(=O)(=O)c1ccccc1. The lowest BCUT2D eigenvalue weighted by atomic mass is 10.2. The van der Waals surface area contributed by atoms with Crippen molar-refractivity contribution in [1.29, 1.82) is 0 Å². The molecule has 0 saturated carbocycles. The van der Waals surface area contributed by atoms with Gasteiger partial charge in [-0.25, -0.2) is 16.8 Å². The smallest absolute Gasteiger partial charge is 0.199 e. The molecule has 0 saturated heterocycles. The molecule has 0 unspecified atom stereocenters. The quantitative estimate of drug-likeness (QED) is 0.626. The summed E-state index contributed by atoms with van der Waals surface area (Å²) < 4.78 is 52.1. The van der Waals surface area contributed by atoms with Crippen molar-refractivity contribution in [2.24, 2.45) is 0 Å². The van der Waals surface area contributed by atoms with Crippen LogP contribution < -0.4 is 0 Å². The van der Waals surface area contributed by atoms with Gasteiger partial charge in [0.15, 0.2) is 23.8 Å². The number of hydrogen-bond donors (Lipinski definition) is 0. The number of benzene rings is 2. The summed E-state index contributed by atoms with van der Waals surface area (Å²) in [5.41, 5.74) is 4.99. The molecule has 0 aliphatic rings. The normalized spacial score (nSPS) is 11.9. The Morgan fingerprint density at radius 1 is 0.704 bits per heavy atom. The summed E-state index contributed by atoms with van der Waals surface area (Å²) in [5, 5.41) is 0. The third-order valence-corrected chi connectivity index (χ3v) is 9.93. The molecule has 0 heterocycles. The molecule has 27 heavy (non-hydrogen) atoms. The molecule has 2 rings (SSSR count). The molecule has 140 valence electrons. The number of sulfone groups is 2. The van der Waals surface area contributed by atoms with Crippen LogP contribution in [0.3, 0.4) is 0 Å². The van der Waals surface area contributed by atoms with Gasteiger partial charge in [-0.15, -0.1) is 11.5 Å². The van der Waals surface area contributed by atoms with Crippen molar-refractivity contribution in [2.45, 2.75) is 26.7 Å². The van der Waals surface area contributed by atoms with Crippen molar-refractivity contribution in [1.82, 2.24) is 0 Å². The van der Waals surface area contributed by atoms with Gasteiger partial charge < -0.3 is 0 Å². The zero-order valence-corrected chi connectivity index (χ0v) is 16.3. The van der Waals surface area contributed by atoms with Crippen LogP contribution in [-0.2, 0) is 19.7 Å². The Bertz CT molecular complexity index is 996. The van der Waals surface area contributed by atoms with Crippen LogP contribution in [-0.4, -0.2) is 20.9 Å². The fourth-order valence-corrected chi connectivity index (χ4v) is 7.58. The first kappa shape index (κ1) is 20.7. The Kier molecular flexibility index (Phi) is 6.42. The Balaban J connectivity index is 2.90. The van der Waals surface area contributed by atoms with Gasteiger partial charge in [-0.2, -0.15) is 0 Å². The first-order chi connectivity index (χ1) is 12.8. The topological polar surface area (TPSA) is 68.3 Å². The van der Waals surface area contributed by atoms with Gasteiger partial charge in [0.1, 0.15) is 0 Å². The molecule has 2 aromatic carbocycles. The maximum Gasteiger partial charge on any atom is 0.199 e. The fraction of sp³-hybridized carbons (Fsp3) is 0.143. The molecule has 0 amide bonds. The number of allylic oxidation sites excluding steroid dienone is 2. The predicted molar refractivity (Wildman–Crippen MR) is 107 cm³/mol. The molecule has 0 N–H and O–H groups in total. The summed E-state index contributed by atoms with van der Waals surface area (Å²) in [4.78, 5) is -0.140. The van der Waals surface area contributed by atoms with Crippen LogP contribution in [0.5, 0.6) is 0 Å². The second-order valence-electron chi connectivity index (χ2n) is 5.77. The highest BCUT2D eigenvalue weighted by atomic mass is 32.3. The van der Waals surface area contributed by atoms with Crippen molar-refractivity contribution >= 4 is 19.7 Å². The summed E-state index contributed by atoms with van der Waals surface area (Å²) in [7, 11) is -8.60. The fourth-order valence-electron chi connectivity index (χ4n) is 2.75. The van der Waals surface area contributed by atoms with Gasteiger partial charge in [-0.3, -0.25) is 0 Å². The summed E-state index contributed by atoms with van der Waals surface area (Å²) in [6.45, 7) is 6.89. The molecule has 2 aromatic rings. The van der Waals surface area contributed by atoms with E-state index in [0.717, 1.165) is 0 Å². The summed E-state index contributed by atoms with van der Waals surface area (Å²) in [6, 6.07) is 15.1. The Labute approximate surface area is 160 Å². The highest BCUT2D eigenvalue weighted by Gasteiger charge is 2.54.